The number of benzene rings is 2. The topological polar surface area (TPSA) is 98.8 Å². The van der Waals surface area contributed by atoms with E-state index in [-0.39, 0.29) is 18.1 Å². The first-order chi connectivity index (χ1) is 14.5. The van der Waals surface area contributed by atoms with Crippen molar-refractivity contribution < 1.29 is 23.7 Å². The molecule has 30 heavy (non-hydrogen) atoms. The fourth-order valence-electron chi connectivity index (χ4n) is 3.55. The second-order valence-corrected chi connectivity index (χ2v) is 8.66. The quantitative estimate of drug-likeness (QED) is 0.448. The van der Waals surface area contributed by atoms with Crippen LogP contribution in [0.3, 0.4) is 0 Å². The Kier molecular flexibility index (Phi) is 5.61. The van der Waals surface area contributed by atoms with E-state index in [4.69, 9.17) is 4.74 Å². The molecule has 0 aromatic heterocycles. The normalized spacial score (nSPS) is 22.8. The second-order valence-electron chi connectivity index (χ2n) is 7.13. The monoisotopic (exact) mass is 424 g/mol. The van der Waals surface area contributed by atoms with Crippen molar-refractivity contribution in [2.24, 2.45) is 0 Å². The van der Waals surface area contributed by atoms with Crippen LogP contribution in [0.1, 0.15) is 22.8 Å². The smallest absolute Gasteiger partial charge is 0.355 e. The summed E-state index contributed by atoms with van der Waals surface area (Å²) in [6.45, 7) is 1.73. The molecule has 4 rings (SSSR count). The Bertz CT molecular complexity index is 1010. The fourth-order valence-corrected chi connectivity index (χ4v) is 5.22. The molecule has 0 aliphatic carbocycles. The number of carbonyl (C=O) groups is 3. The maximum absolute atomic E-state index is 12.8. The van der Waals surface area contributed by atoms with Gasteiger partial charge in [0.05, 0.1) is 0 Å². The summed E-state index contributed by atoms with van der Waals surface area (Å²) in [5, 5.41) is 1.86. The van der Waals surface area contributed by atoms with Crippen molar-refractivity contribution in [2.75, 3.05) is 5.75 Å². The van der Waals surface area contributed by atoms with E-state index in [0.717, 1.165) is 5.56 Å². The molecule has 8 heteroatoms. The second kappa shape index (κ2) is 8.33. The highest BCUT2D eigenvalue weighted by atomic mass is 32.2. The molecule has 2 aromatic carbocycles. The Morgan fingerprint density at radius 3 is 2.43 bits per heavy atom. The molecule has 1 fully saturated rings. The van der Waals surface area contributed by atoms with Crippen LogP contribution in [0.25, 0.3) is 0 Å². The zero-order valence-electron chi connectivity index (χ0n) is 16.2. The molecule has 3 atom stereocenters. The van der Waals surface area contributed by atoms with Crippen LogP contribution < -0.4 is 5.32 Å². The van der Waals surface area contributed by atoms with E-state index < -0.39 is 40.4 Å². The molecular weight excluding hydrogens is 404 g/mol. The molecule has 0 radical (unpaired) electrons. The highest BCUT2D eigenvalue weighted by molar-refractivity contribution is 7.92. The Morgan fingerprint density at radius 1 is 1.13 bits per heavy atom. The number of fused-ring (bicyclic) bond motifs is 1. The van der Waals surface area contributed by atoms with Crippen molar-refractivity contribution in [1.82, 2.24) is 10.2 Å². The summed E-state index contributed by atoms with van der Waals surface area (Å²) >= 11 is -1.43. The number of hydrogen-bond acceptors (Lipinski definition) is 5. The molecule has 1 N–H and O–H groups in total. The van der Waals surface area contributed by atoms with E-state index in [9.17, 15) is 18.9 Å². The molecule has 2 amide bonds. The summed E-state index contributed by atoms with van der Waals surface area (Å²) < 4.78 is 18.1. The lowest BCUT2D eigenvalue weighted by molar-refractivity contribution is -0.152. The van der Waals surface area contributed by atoms with Gasteiger partial charge in [-0.1, -0.05) is 48.5 Å². The van der Waals surface area contributed by atoms with Crippen LogP contribution in [-0.4, -0.2) is 44.4 Å². The van der Waals surface area contributed by atoms with Gasteiger partial charge in [-0.05, 0) is 35.8 Å². The predicted molar refractivity (Wildman–Crippen MR) is 110 cm³/mol. The molecule has 2 unspecified atom stereocenters. The number of hydrogen-bond donors (Lipinski definition) is 1. The lowest BCUT2D eigenvalue weighted by atomic mass is 10.0. The van der Waals surface area contributed by atoms with Crippen molar-refractivity contribution in [3.8, 4) is 0 Å². The third kappa shape index (κ3) is 3.71. The lowest BCUT2D eigenvalue weighted by Gasteiger charge is -2.49. The third-order valence-corrected chi connectivity index (χ3v) is 6.78. The van der Waals surface area contributed by atoms with Crippen molar-refractivity contribution >= 4 is 29.0 Å². The van der Waals surface area contributed by atoms with Crippen LogP contribution in [-0.2, 0) is 32.1 Å². The highest BCUT2D eigenvalue weighted by Crippen LogP contribution is 2.37. The minimum atomic E-state index is -1.43. The first kappa shape index (κ1) is 20.2. The lowest BCUT2D eigenvalue weighted by Crippen LogP contribution is -2.74. The molecular formula is C22H20N2O5S. The number of rotatable bonds is 5. The highest BCUT2D eigenvalue weighted by Gasteiger charge is 2.60. The summed E-state index contributed by atoms with van der Waals surface area (Å²) in [7, 11) is 0. The molecule has 0 spiro atoms. The Morgan fingerprint density at radius 2 is 1.77 bits per heavy atom. The first-order valence-electron chi connectivity index (χ1n) is 9.44. The molecule has 2 heterocycles. The maximum atomic E-state index is 12.8. The minimum absolute atomic E-state index is 0.0699. The van der Waals surface area contributed by atoms with Crippen molar-refractivity contribution in [1.29, 1.82) is 0 Å². The molecule has 0 saturated carbocycles. The van der Waals surface area contributed by atoms with Crippen LogP contribution in [0.2, 0.25) is 0 Å². The number of nitrogens with one attached hydrogen (secondary N) is 1. The number of carbonyl (C=O) groups excluding carboxylic acids is 3. The molecule has 2 aliphatic rings. The average molecular weight is 424 g/mol. The van der Waals surface area contributed by atoms with Gasteiger partial charge >= 0.3 is 5.97 Å². The number of amides is 2. The van der Waals surface area contributed by atoms with E-state index >= 15 is 0 Å². The minimum Gasteiger partial charge on any atom is -0.614 e. The van der Waals surface area contributed by atoms with Crippen molar-refractivity contribution in [3.63, 3.8) is 0 Å². The number of ether oxygens (including phenoxy) is 1. The summed E-state index contributed by atoms with van der Waals surface area (Å²) in [5.41, 5.74) is 1.87. The van der Waals surface area contributed by atoms with Gasteiger partial charge in [-0.25, -0.2) is 4.79 Å². The van der Waals surface area contributed by atoms with Crippen LogP contribution in [0, 0.1) is 0 Å². The van der Waals surface area contributed by atoms with Gasteiger partial charge < -0.3 is 14.6 Å². The summed E-state index contributed by atoms with van der Waals surface area (Å²) in [5.74, 6) is -1.39. The van der Waals surface area contributed by atoms with Gasteiger partial charge in [-0.2, -0.15) is 0 Å². The summed E-state index contributed by atoms with van der Waals surface area (Å²) in [6, 6.07) is 16.7. The summed E-state index contributed by atoms with van der Waals surface area (Å²) in [4.78, 5) is 39.1. The zero-order valence-corrected chi connectivity index (χ0v) is 17.1. The van der Waals surface area contributed by atoms with Gasteiger partial charge in [0, 0.05) is 11.1 Å². The molecule has 154 valence electrons. The first-order valence-corrected chi connectivity index (χ1v) is 10.8. The predicted octanol–water partition coefficient (Wildman–Crippen LogP) is 1.73. The van der Waals surface area contributed by atoms with Crippen LogP contribution in [0.4, 0.5) is 0 Å². The standard InChI is InChI=1S/C22H20N2O5S/c1-14-13-30(28)21-17(23-19(25)16-10-6-3-7-11-16)20(26)24(21)18(14)22(27)29-12-15-8-4-2-5-9-15/h2-11,17,21H,12-13H2,1H3,(H,23,25)/t17?,21-,30?/m1/s1. The molecule has 7 nitrogen and oxygen atoms in total. The van der Waals surface area contributed by atoms with Crippen molar-refractivity contribution in [3.05, 3.63) is 83.1 Å². The zero-order chi connectivity index (χ0) is 21.3. The van der Waals surface area contributed by atoms with Gasteiger partial charge in [0.1, 0.15) is 18.1 Å². The number of esters is 1. The van der Waals surface area contributed by atoms with Crippen molar-refractivity contribution in [2.45, 2.75) is 24.9 Å². The maximum Gasteiger partial charge on any atom is 0.355 e. The Balaban J connectivity index is 1.48. The van der Waals surface area contributed by atoms with Gasteiger partial charge in [0.25, 0.3) is 11.8 Å². The van der Waals surface area contributed by atoms with E-state index in [1.807, 2.05) is 30.3 Å². The largest absolute Gasteiger partial charge is 0.614 e. The average Bonchev–Trinajstić information content (AvgIpc) is 2.76. The van der Waals surface area contributed by atoms with Crippen LogP contribution >= 0.6 is 0 Å². The number of β-lactam (4-membered cyclic amide) rings is 1. The van der Waals surface area contributed by atoms with E-state index in [2.05, 4.69) is 5.32 Å². The molecule has 0 bridgehead atoms. The van der Waals surface area contributed by atoms with E-state index in [1.165, 1.54) is 4.90 Å². The van der Waals surface area contributed by atoms with E-state index in [1.54, 1.807) is 37.3 Å². The molecule has 2 aromatic rings. The van der Waals surface area contributed by atoms with E-state index in [0.29, 0.717) is 11.1 Å². The van der Waals surface area contributed by atoms with Gasteiger partial charge in [0.15, 0.2) is 6.04 Å². The van der Waals surface area contributed by atoms with Gasteiger partial charge in [0.2, 0.25) is 5.37 Å². The summed E-state index contributed by atoms with van der Waals surface area (Å²) in [6.07, 6.45) is 0. The number of nitrogens with zero attached hydrogens (tertiary/aromatic N) is 1. The Hall–Kier alpha value is -3.10. The van der Waals surface area contributed by atoms with Gasteiger partial charge in [-0.15, -0.1) is 0 Å². The molecule has 2 aliphatic heterocycles. The van der Waals surface area contributed by atoms with Gasteiger partial charge in [-0.3, -0.25) is 14.5 Å². The Labute approximate surface area is 176 Å². The molecule has 1 saturated heterocycles. The van der Waals surface area contributed by atoms with Crippen LogP contribution in [0.15, 0.2) is 71.9 Å². The fraction of sp³-hybridized carbons (Fsp3) is 0.227. The van der Waals surface area contributed by atoms with Crippen LogP contribution in [0.5, 0.6) is 0 Å². The SMILES string of the molecule is CC1=C(C(=O)OCc2ccccc2)N2C(=O)C(NC(=O)c3ccccc3)[C@H]2[S+]([O-])C1. The third-order valence-electron chi connectivity index (χ3n) is 5.05.